The Kier molecular flexibility index (Phi) is 7.07. The van der Waals surface area contributed by atoms with Crippen LogP contribution >= 0.6 is 0 Å². The minimum Gasteiger partial charge on any atom is -1.00 e. The molecule has 0 aliphatic carbocycles. The quantitative estimate of drug-likeness (QED) is 0.659. The van der Waals surface area contributed by atoms with E-state index in [-0.39, 0.29) is 12.4 Å². The highest BCUT2D eigenvalue weighted by atomic mass is 35.5. The minimum atomic E-state index is 0. The van der Waals surface area contributed by atoms with Crippen LogP contribution in [0.1, 0.15) is 22.7 Å². The number of fused-ring (bicyclic) bond motifs is 1. The number of ether oxygens (including phenoxy) is 4. The normalized spacial score (nSPS) is 17.1. The van der Waals surface area contributed by atoms with Gasteiger partial charge in [-0.25, -0.2) is 0 Å². The largest absolute Gasteiger partial charge is 1.00 e. The van der Waals surface area contributed by atoms with Gasteiger partial charge in [0.2, 0.25) is 0 Å². The van der Waals surface area contributed by atoms with E-state index in [0.717, 1.165) is 46.9 Å². The van der Waals surface area contributed by atoms with Crippen LogP contribution < -0.4 is 31.4 Å². The predicted molar refractivity (Wildman–Crippen MR) is 106 cm³/mol. The summed E-state index contributed by atoms with van der Waals surface area (Å²) in [4.78, 5) is 0. The first kappa shape index (κ1) is 22.2. The molecular formula is C22H30ClNO4. The molecule has 2 aromatic rings. The molecule has 5 nitrogen and oxygen atoms in total. The van der Waals surface area contributed by atoms with Crippen LogP contribution in [0.4, 0.5) is 0 Å². The Hall–Kier alpha value is -2.11. The second-order valence-corrected chi connectivity index (χ2v) is 7.57. The summed E-state index contributed by atoms with van der Waals surface area (Å²) in [6, 6.07) is 10.8. The second-order valence-electron chi connectivity index (χ2n) is 7.57. The summed E-state index contributed by atoms with van der Waals surface area (Å²) in [6.45, 7) is 1.08. The maximum Gasteiger partial charge on any atom is 0.161 e. The van der Waals surface area contributed by atoms with Crippen molar-refractivity contribution in [1.29, 1.82) is 0 Å². The van der Waals surface area contributed by atoms with Crippen molar-refractivity contribution in [3.63, 3.8) is 0 Å². The third-order valence-corrected chi connectivity index (χ3v) is 5.68. The summed E-state index contributed by atoms with van der Waals surface area (Å²) in [5.41, 5.74) is 3.90. The van der Waals surface area contributed by atoms with Crippen molar-refractivity contribution in [2.24, 2.45) is 0 Å². The lowest BCUT2D eigenvalue weighted by atomic mass is 9.87. The molecule has 0 radical (unpaired) electrons. The number of methoxy groups -OCH3 is 4. The molecule has 0 N–H and O–H groups in total. The molecule has 3 rings (SSSR count). The molecule has 0 amide bonds. The van der Waals surface area contributed by atoms with Gasteiger partial charge in [0.15, 0.2) is 23.0 Å². The fourth-order valence-corrected chi connectivity index (χ4v) is 3.99. The van der Waals surface area contributed by atoms with E-state index < -0.39 is 0 Å². The fraction of sp³-hybridized carbons (Fsp3) is 0.455. The summed E-state index contributed by atoms with van der Waals surface area (Å²) < 4.78 is 22.9. The molecule has 0 aromatic heterocycles. The Labute approximate surface area is 174 Å². The molecule has 6 heteroatoms. The number of quaternary nitrogens is 1. The highest BCUT2D eigenvalue weighted by Gasteiger charge is 2.37. The second kappa shape index (κ2) is 8.93. The Morgan fingerprint density at radius 2 is 1.39 bits per heavy atom. The van der Waals surface area contributed by atoms with Crippen molar-refractivity contribution in [1.82, 2.24) is 0 Å². The van der Waals surface area contributed by atoms with E-state index in [1.807, 2.05) is 6.07 Å². The van der Waals surface area contributed by atoms with Gasteiger partial charge in [0.1, 0.15) is 6.04 Å². The summed E-state index contributed by atoms with van der Waals surface area (Å²) in [7, 11) is 11.3. The van der Waals surface area contributed by atoms with Gasteiger partial charge in [-0.1, -0.05) is 6.07 Å². The molecule has 0 saturated heterocycles. The zero-order chi connectivity index (χ0) is 19.6. The van der Waals surface area contributed by atoms with E-state index in [9.17, 15) is 0 Å². The van der Waals surface area contributed by atoms with Gasteiger partial charge >= 0.3 is 0 Å². The Balaban J connectivity index is 0.00000280. The molecule has 0 fully saturated rings. The van der Waals surface area contributed by atoms with E-state index in [0.29, 0.717) is 6.04 Å². The maximum absolute atomic E-state index is 5.57. The average molecular weight is 408 g/mol. The number of likely N-dealkylation sites (N-methyl/N-ethyl adjacent to an activating group) is 1. The van der Waals surface area contributed by atoms with E-state index in [2.05, 4.69) is 38.4 Å². The van der Waals surface area contributed by atoms with Gasteiger partial charge in [0, 0.05) is 18.4 Å². The Morgan fingerprint density at radius 3 is 2.00 bits per heavy atom. The van der Waals surface area contributed by atoms with Gasteiger partial charge in [-0.2, -0.15) is 0 Å². The number of hydrogen-bond donors (Lipinski definition) is 0. The zero-order valence-electron chi connectivity index (χ0n) is 17.5. The van der Waals surface area contributed by atoms with Gasteiger partial charge in [0.05, 0.1) is 49.1 Å². The molecule has 28 heavy (non-hydrogen) atoms. The molecule has 1 unspecified atom stereocenters. The molecule has 0 spiro atoms. The van der Waals surface area contributed by atoms with Crippen molar-refractivity contribution >= 4 is 0 Å². The van der Waals surface area contributed by atoms with Crippen LogP contribution in [-0.4, -0.2) is 53.6 Å². The lowest BCUT2D eigenvalue weighted by Crippen LogP contribution is -3.00. The number of hydrogen-bond acceptors (Lipinski definition) is 4. The van der Waals surface area contributed by atoms with E-state index in [1.165, 1.54) is 16.7 Å². The lowest BCUT2D eigenvalue weighted by Gasteiger charge is -2.43. The average Bonchev–Trinajstić information content (AvgIpc) is 2.68. The number of rotatable bonds is 6. The monoisotopic (exact) mass is 407 g/mol. The topological polar surface area (TPSA) is 36.9 Å². The van der Waals surface area contributed by atoms with Crippen LogP contribution in [0.25, 0.3) is 0 Å². The Bertz CT molecular complexity index is 822. The predicted octanol–water partition coefficient (Wildman–Crippen LogP) is 0.641. The van der Waals surface area contributed by atoms with Crippen LogP contribution in [0.15, 0.2) is 30.3 Å². The molecule has 0 saturated carbocycles. The molecule has 154 valence electrons. The standard InChI is InChI=1S/C22H30NO4.ClH/c1-23(2)10-9-16-13-21(26-5)22(27-6)14-17(16)18(23)11-15-7-8-19(24-3)20(12-15)25-4;/h7-8,12-14,18H,9-11H2,1-6H3;1H/q+1;/p-1. The lowest BCUT2D eigenvalue weighted by molar-refractivity contribution is -0.923. The maximum atomic E-state index is 5.57. The number of halogens is 1. The first-order valence-electron chi connectivity index (χ1n) is 9.22. The summed E-state index contributed by atoms with van der Waals surface area (Å²) in [5.74, 6) is 3.11. The first-order chi connectivity index (χ1) is 12.9. The van der Waals surface area contributed by atoms with E-state index in [4.69, 9.17) is 18.9 Å². The van der Waals surface area contributed by atoms with Crippen LogP contribution in [0.5, 0.6) is 23.0 Å². The van der Waals surface area contributed by atoms with Gasteiger partial charge in [-0.3, -0.25) is 0 Å². The van der Waals surface area contributed by atoms with Gasteiger partial charge in [0.25, 0.3) is 0 Å². The zero-order valence-corrected chi connectivity index (χ0v) is 18.3. The molecule has 2 aromatic carbocycles. The molecule has 0 bridgehead atoms. The number of nitrogens with zero attached hydrogens (tertiary/aromatic N) is 1. The molecule has 1 aliphatic rings. The SMILES string of the molecule is COc1ccc(CC2c3cc(OC)c(OC)cc3CC[N+]2(C)C)cc1OC.[Cl-]. The molecule has 1 atom stereocenters. The minimum absolute atomic E-state index is 0. The molecular weight excluding hydrogens is 378 g/mol. The van der Waals surface area contributed by atoms with Crippen molar-refractivity contribution < 1.29 is 35.8 Å². The Morgan fingerprint density at radius 1 is 0.821 bits per heavy atom. The van der Waals surface area contributed by atoms with Crippen molar-refractivity contribution in [3.05, 3.63) is 47.0 Å². The summed E-state index contributed by atoms with van der Waals surface area (Å²) in [6.07, 6.45) is 1.95. The summed E-state index contributed by atoms with van der Waals surface area (Å²) in [5, 5.41) is 0. The third-order valence-electron chi connectivity index (χ3n) is 5.68. The van der Waals surface area contributed by atoms with Crippen molar-refractivity contribution in [2.75, 3.05) is 49.1 Å². The smallest absolute Gasteiger partial charge is 0.161 e. The third kappa shape index (κ3) is 4.15. The van der Waals surface area contributed by atoms with Gasteiger partial charge in [-0.05, 0) is 35.4 Å². The van der Waals surface area contributed by atoms with Crippen LogP contribution in [0.2, 0.25) is 0 Å². The fourth-order valence-electron chi connectivity index (χ4n) is 3.99. The van der Waals surface area contributed by atoms with Crippen LogP contribution in [-0.2, 0) is 12.8 Å². The van der Waals surface area contributed by atoms with Crippen molar-refractivity contribution in [3.8, 4) is 23.0 Å². The first-order valence-corrected chi connectivity index (χ1v) is 9.22. The van der Waals surface area contributed by atoms with E-state index in [1.54, 1.807) is 28.4 Å². The summed E-state index contributed by atoms with van der Waals surface area (Å²) >= 11 is 0. The number of benzene rings is 2. The molecule has 1 aliphatic heterocycles. The van der Waals surface area contributed by atoms with Gasteiger partial charge in [-0.15, -0.1) is 0 Å². The van der Waals surface area contributed by atoms with Crippen LogP contribution in [0, 0.1) is 0 Å². The highest BCUT2D eigenvalue weighted by Crippen LogP contribution is 2.42. The van der Waals surface area contributed by atoms with E-state index >= 15 is 0 Å². The van der Waals surface area contributed by atoms with Crippen molar-refractivity contribution in [2.45, 2.75) is 18.9 Å². The van der Waals surface area contributed by atoms with Gasteiger partial charge < -0.3 is 35.8 Å². The van der Waals surface area contributed by atoms with Crippen LogP contribution in [0.3, 0.4) is 0 Å². The highest BCUT2D eigenvalue weighted by molar-refractivity contribution is 5.49. The molecule has 1 heterocycles.